The first kappa shape index (κ1) is 14.8. The van der Waals surface area contributed by atoms with Crippen molar-refractivity contribution in [1.29, 1.82) is 0 Å². The normalized spacial score (nSPS) is 11.6. The minimum Gasteiger partial charge on any atom is -0.370 e. The summed E-state index contributed by atoms with van der Waals surface area (Å²) in [7, 11) is 0. The Kier molecular flexibility index (Phi) is 5.89. The molecule has 7 N–H and O–H groups in total. The fourth-order valence-corrected chi connectivity index (χ4v) is 0.917. The second-order valence-corrected chi connectivity index (χ2v) is 3.32. The first-order valence-corrected chi connectivity index (χ1v) is 4.66. The van der Waals surface area contributed by atoms with E-state index in [4.69, 9.17) is 26.2 Å². The van der Waals surface area contributed by atoms with Gasteiger partial charge in [0.25, 0.3) is 5.91 Å². The highest BCUT2D eigenvalue weighted by Crippen LogP contribution is 2.03. The average Bonchev–Trinajstić information content (AvgIpc) is 2.11. The predicted molar refractivity (Wildman–Crippen MR) is 51.2 cm³/mol. The molecule has 8 heteroatoms. The Balaban J connectivity index is 3.79. The maximum absolute atomic E-state index is 11.0. The molecule has 0 heterocycles. The van der Waals surface area contributed by atoms with Gasteiger partial charge in [-0.15, -0.1) is 0 Å². The van der Waals surface area contributed by atoms with Crippen molar-refractivity contribution in [2.24, 2.45) is 5.73 Å². The Hall–Kier alpha value is -1.22. The lowest BCUT2D eigenvalue weighted by Gasteiger charge is -2.24. The molecule has 0 aliphatic rings. The number of nitrogens with one attached hydrogen (secondary N) is 1. The minimum atomic E-state index is -3.07. The Morgan fingerprint density at radius 3 is 2.12 bits per heavy atom. The van der Waals surface area contributed by atoms with Gasteiger partial charge in [0, 0.05) is 12.8 Å². The molecular weight excluding hydrogens is 220 g/mol. The highest BCUT2D eigenvalue weighted by Gasteiger charge is 2.33. The van der Waals surface area contributed by atoms with Gasteiger partial charge in [-0.3, -0.25) is 9.59 Å². The molecule has 0 spiro atoms. The van der Waals surface area contributed by atoms with E-state index >= 15 is 0 Å². The van der Waals surface area contributed by atoms with Crippen LogP contribution in [-0.2, 0) is 9.59 Å². The van der Waals surface area contributed by atoms with Crippen molar-refractivity contribution in [2.45, 2.75) is 37.9 Å². The maximum atomic E-state index is 11.0. The molecular formula is C8H16N2O6. The van der Waals surface area contributed by atoms with Crippen LogP contribution in [0.15, 0.2) is 0 Å². The van der Waals surface area contributed by atoms with E-state index in [-0.39, 0.29) is 12.8 Å². The SMILES string of the molecule is NC(=O)CCCCC(=O)NC(O)(O)C(O)O. The molecule has 8 nitrogen and oxygen atoms in total. The number of carbonyl (C=O) groups is 2. The second kappa shape index (κ2) is 6.38. The van der Waals surface area contributed by atoms with E-state index in [0.29, 0.717) is 12.8 Å². The third kappa shape index (κ3) is 6.30. The molecule has 0 rings (SSSR count). The van der Waals surface area contributed by atoms with Crippen molar-refractivity contribution < 1.29 is 30.0 Å². The highest BCUT2D eigenvalue weighted by atomic mass is 16.6. The molecule has 0 atom stereocenters. The van der Waals surface area contributed by atoms with Gasteiger partial charge in [0.15, 0.2) is 0 Å². The van der Waals surface area contributed by atoms with E-state index in [0.717, 1.165) is 0 Å². The summed E-state index contributed by atoms with van der Waals surface area (Å²) in [5.41, 5.74) is 4.87. The Morgan fingerprint density at radius 2 is 1.69 bits per heavy atom. The molecule has 16 heavy (non-hydrogen) atoms. The van der Waals surface area contributed by atoms with E-state index in [1.165, 1.54) is 0 Å². The smallest absolute Gasteiger partial charge is 0.300 e. The van der Waals surface area contributed by atoms with E-state index in [9.17, 15) is 9.59 Å². The summed E-state index contributed by atoms with van der Waals surface area (Å²) in [6.07, 6.45) is -1.72. The van der Waals surface area contributed by atoms with Gasteiger partial charge in [-0.25, -0.2) is 0 Å². The Bertz CT molecular complexity index is 253. The second-order valence-electron chi connectivity index (χ2n) is 3.32. The first-order chi connectivity index (χ1) is 7.25. The first-order valence-electron chi connectivity index (χ1n) is 4.66. The van der Waals surface area contributed by atoms with Crippen molar-refractivity contribution in [3.05, 3.63) is 0 Å². The lowest BCUT2D eigenvalue weighted by atomic mass is 10.2. The van der Waals surface area contributed by atoms with Crippen LogP contribution in [-0.4, -0.2) is 44.4 Å². The van der Waals surface area contributed by atoms with Crippen LogP contribution in [0.2, 0.25) is 0 Å². The lowest BCUT2D eigenvalue weighted by molar-refractivity contribution is -0.301. The van der Waals surface area contributed by atoms with Gasteiger partial charge in [0.05, 0.1) is 0 Å². The summed E-state index contributed by atoms with van der Waals surface area (Å²) in [4.78, 5) is 21.4. The van der Waals surface area contributed by atoms with E-state index in [1.807, 2.05) is 0 Å². The fourth-order valence-electron chi connectivity index (χ4n) is 0.917. The molecule has 0 saturated heterocycles. The largest absolute Gasteiger partial charge is 0.370 e. The van der Waals surface area contributed by atoms with Gasteiger partial charge in [-0.05, 0) is 12.8 Å². The highest BCUT2D eigenvalue weighted by molar-refractivity contribution is 5.76. The lowest BCUT2D eigenvalue weighted by Crippen LogP contribution is -2.56. The number of hydrogen-bond acceptors (Lipinski definition) is 6. The van der Waals surface area contributed by atoms with Crippen LogP contribution in [0, 0.1) is 0 Å². The third-order valence-corrected chi connectivity index (χ3v) is 1.76. The van der Waals surface area contributed by atoms with E-state index < -0.39 is 24.0 Å². The standard InChI is InChI=1S/C8H16N2O6/c9-5(11)3-1-2-4-6(12)10-8(15,16)7(13)14/h7,13-16H,1-4H2,(H2,9,11)(H,10,12). The molecule has 0 aliphatic heterocycles. The average molecular weight is 236 g/mol. The summed E-state index contributed by atoms with van der Waals surface area (Å²) >= 11 is 0. The molecule has 0 bridgehead atoms. The van der Waals surface area contributed by atoms with Gasteiger partial charge in [-0.1, -0.05) is 0 Å². The van der Waals surface area contributed by atoms with Crippen molar-refractivity contribution in [3.63, 3.8) is 0 Å². The quantitative estimate of drug-likeness (QED) is 0.206. The zero-order valence-corrected chi connectivity index (χ0v) is 8.59. The summed E-state index contributed by atoms with van der Waals surface area (Å²) in [5.74, 6) is -4.33. The number of unbranched alkanes of at least 4 members (excludes halogenated alkanes) is 1. The van der Waals surface area contributed by atoms with Gasteiger partial charge < -0.3 is 31.5 Å². The van der Waals surface area contributed by atoms with Crippen molar-refractivity contribution in [1.82, 2.24) is 5.32 Å². The van der Waals surface area contributed by atoms with Crippen LogP contribution in [0.4, 0.5) is 0 Å². The van der Waals surface area contributed by atoms with Gasteiger partial charge in [0.2, 0.25) is 18.1 Å². The molecule has 0 saturated carbocycles. The maximum Gasteiger partial charge on any atom is 0.300 e. The minimum absolute atomic E-state index is 0.0805. The topological polar surface area (TPSA) is 153 Å². The van der Waals surface area contributed by atoms with Gasteiger partial charge >= 0.3 is 0 Å². The molecule has 0 aliphatic carbocycles. The zero-order chi connectivity index (χ0) is 12.8. The van der Waals surface area contributed by atoms with E-state index in [2.05, 4.69) is 0 Å². The number of hydrogen-bond donors (Lipinski definition) is 6. The molecule has 0 aromatic carbocycles. The van der Waals surface area contributed by atoms with Crippen molar-refractivity contribution in [3.8, 4) is 0 Å². The predicted octanol–water partition coefficient (Wildman–Crippen LogP) is -2.90. The van der Waals surface area contributed by atoms with Gasteiger partial charge in [-0.2, -0.15) is 0 Å². The number of amides is 2. The zero-order valence-electron chi connectivity index (χ0n) is 8.59. The molecule has 94 valence electrons. The fraction of sp³-hybridized carbons (Fsp3) is 0.750. The number of rotatable bonds is 7. The van der Waals surface area contributed by atoms with Crippen LogP contribution in [0.3, 0.4) is 0 Å². The van der Waals surface area contributed by atoms with Gasteiger partial charge in [0.1, 0.15) is 0 Å². The number of primary amides is 1. The van der Waals surface area contributed by atoms with Crippen LogP contribution in [0.1, 0.15) is 25.7 Å². The van der Waals surface area contributed by atoms with Crippen molar-refractivity contribution >= 4 is 11.8 Å². The van der Waals surface area contributed by atoms with E-state index in [1.54, 1.807) is 5.32 Å². The molecule has 0 unspecified atom stereocenters. The molecule has 0 aromatic rings. The molecule has 2 amide bonds. The van der Waals surface area contributed by atoms with Crippen LogP contribution < -0.4 is 11.1 Å². The summed E-state index contributed by atoms with van der Waals surface area (Å²) in [5, 5.41) is 36.2. The number of carbonyl (C=O) groups excluding carboxylic acids is 2. The Morgan fingerprint density at radius 1 is 1.19 bits per heavy atom. The Labute approximate surface area is 91.7 Å². The van der Waals surface area contributed by atoms with Crippen LogP contribution in [0.25, 0.3) is 0 Å². The summed E-state index contributed by atoms with van der Waals surface area (Å²) < 4.78 is 0. The molecule has 0 radical (unpaired) electrons. The van der Waals surface area contributed by atoms with Crippen LogP contribution in [0.5, 0.6) is 0 Å². The van der Waals surface area contributed by atoms with Crippen LogP contribution >= 0.6 is 0 Å². The van der Waals surface area contributed by atoms with Crippen molar-refractivity contribution in [2.75, 3.05) is 0 Å². The third-order valence-electron chi connectivity index (χ3n) is 1.76. The summed E-state index contributed by atoms with van der Waals surface area (Å²) in [6, 6.07) is 0. The number of aliphatic hydroxyl groups is 4. The molecule has 0 aromatic heterocycles. The molecule has 0 fully saturated rings. The number of nitrogens with two attached hydrogens (primary N) is 1. The number of aliphatic hydroxyl groups excluding tert-OH is 1. The summed E-state index contributed by atoms with van der Waals surface area (Å²) in [6.45, 7) is 0. The monoisotopic (exact) mass is 236 g/mol.